The predicted octanol–water partition coefficient (Wildman–Crippen LogP) is 4.88. The Hall–Kier alpha value is -2.37. The maximum atomic E-state index is 12.7. The molecule has 2 aliphatic rings. The summed E-state index contributed by atoms with van der Waals surface area (Å²) in [5.41, 5.74) is 1.58. The van der Waals surface area contributed by atoms with Gasteiger partial charge in [0.25, 0.3) is 0 Å². The number of hydrogen-bond acceptors (Lipinski definition) is 6. The summed E-state index contributed by atoms with van der Waals surface area (Å²) in [6.07, 6.45) is 5.43. The number of aldehydes is 1. The number of aryl methyl sites for hydroxylation is 1. The molecular formula is C25H34O6. The number of carbonyl (C=O) groups excluding carboxylic acids is 3. The van der Waals surface area contributed by atoms with Crippen molar-refractivity contribution < 1.29 is 28.3 Å². The van der Waals surface area contributed by atoms with Crippen LogP contribution >= 0.6 is 0 Å². The lowest BCUT2D eigenvalue weighted by molar-refractivity contribution is -0.188. The minimum atomic E-state index is -0.691. The molecule has 0 radical (unpaired) electrons. The van der Waals surface area contributed by atoms with Crippen LogP contribution in [-0.4, -0.2) is 24.3 Å². The van der Waals surface area contributed by atoms with Gasteiger partial charge in [0.15, 0.2) is 0 Å². The molecule has 0 aromatic carbocycles. The highest BCUT2D eigenvalue weighted by molar-refractivity contribution is 5.88. The Bertz CT molecular complexity index is 879. The predicted molar refractivity (Wildman–Crippen MR) is 115 cm³/mol. The number of rotatable bonds is 6. The molecular weight excluding hydrogens is 396 g/mol. The van der Waals surface area contributed by atoms with Gasteiger partial charge in [-0.15, -0.1) is 0 Å². The Morgan fingerprint density at radius 3 is 2.61 bits per heavy atom. The molecule has 0 unspecified atom stereocenters. The summed E-state index contributed by atoms with van der Waals surface area (Å²) in [6.45, 7) is 11.3. The van der Waals surface area contributed by atoms with Gasteiger partial charge in [-0.2, -0.15) is 0 Å². The molecule has 1 saturated carbocycles. The van der Waals surface area contributed by atoms with Crippen molar-refractivity contribution in [3.05, 3.63) is 34.8 Å². The first-order chi connectivity index (χ1) is 14.6. The highest BCUT2D eigenvalue weighted by Gasteiger charge is 2.59. The normalized spacial score (nSPS) is 30.4. The van der Waals surface area contributed by atoms with E-state index < -0.39 is 29.5 Å². The number of fused-ring (bicyclic) bond motifs is 2. The van der Waals surface area contributed by atoms with E-state index in [1.807, 2.05) is 27.7 Å². The van der Waals surface area contributed by atoms with Crippen LogP contribution < -0.4 is 0 Å². The molecule has 1 fully saturated rings. The largest absolute Gasteiger partial charge is 0.469 e. The van der Waals surface area contributed by atoms with E-state index in [1.54, 1.807) is 26.2 Å². The number of esters is 2. The van der Waals surface area contributed by atoms with Crippen LogP contribution in [0.15, 0.2) is 22.3 Å². The third kappa shape index (κ3) is 4.21. The molecule has 3 rings (SSSR count). The third-order valence-electron chi connectivity index (χ3n) is 7.14. The zero-order valence-corrected chi connectivity index (χ0v) is 19.4. The molecule has 6 nitrogen and oxygen atoms in total. The number of hydrogen-bond donors (Lipinski definition) is 0. The summed E-state index contributed by atoms with van der Waals surface area (Å²) < 4.78 is 17.7. The Morgan fingerprint density at radius 1 is 1.29 bits per heavy atom. The standard InChI is InChI=1S/C25H34O6/c1-7-15(4)24(28)30-19-9-8-17-11-20-22(16(5)13-29-20)23(25(17,6)18(19)12-26)31-21(27)10-14(2)3/h7,12-14,17-19,23H,8-11H2,1-6H3/t17-,18+,19+,23-,25+/m1/s1. The quantitative estimate of drug-likeness (QED) is 0.363. The van der Waals surface area contributed by atoms with Gasteiger partial charge in [0, 0.05) is 29.4 Å². The molecule has 0 N–H and O–H groups in total. The molecule has 170 valence electrons. The lowest BCUT2D eigenvalue weighted by Gasteiger charge is -2.53. The Kier molecular flexibility index (Phi) is 6.77. The Morgan fingerprint density at radius 2 is 2.00 bits per heavy atom. The zero-order valence-electron chi connectivity index (χ0n) is 19.4. The molecule has 0 bridgehead atoms. The van der Waals surface area contributed by atoms with Crippen LogP contribution in [0.4, 0.5) is 0 Å². The SMILES string of the molecule is CC=C(C)C(=O)O[C@H]1CC[C@@H]2Cc3occ(C)c3[C@@H](OC(=O)CC(C)C)[C@]2(C)[C@H]1C=O. The maximum absolute atomic E-state index is 12.7. The van der Waals surface area contributed by atoms with Crippen molar-refractivity contribution in [2.24, 2.45) is 23.2 Å². The van der Waals surface area contributed by atoms with Crippen LogP contribution in [0.25, 0.3) is 0 Å². The van der Waals surface area contributed by atoms with Gasteiger partial charge in [0.05, 0.1) is 12.2 Å². The van der Waals surface area contributed by atoms with Crippen LogP contribution in [0.3, 0.4) is 0 Å². The molecule has 2 aliphatic carbocycles. The van der Waals surface area contributed by atoms with E-state index in [1.165, 1.54) is 0 Å². The molecule has 1 aromatic rings. The summed E-state index contributed by atoms with van der Waals surface area (Å²) in [6, 6.07) is 0. The molecule has 1 aromatic heterocycles. The highest BCUT2D eigenvalue weighted by Crippen LogP contribution is 2.59. The van der Waals surface area contributed by atoms with Crippen LogP contribution in [0.5, 0.6) is 0 Å². The first-order valence-electron chi connectivity index (χ1n) is 11.2. The summed E-state index contributed by atoms with van der Waals surface area (Å²) in [7, 11) is 0. The van der Waals surface area contributed by atoms with E-state index >= 15 is 0 Å². The van der Waals surface area contributed by atoms with Gasteiger partial charge >= 0.3 is 11.9 Å². The number of ether oxygens (including phenoxy) is 2. The van der Waals surface area contributed by atoms with Gasteiger partial charge in [-0.05, 0) is 51.0 Å². The molecule has 6 heteroatoms. The van der Waals surface area contributed by atoms with Crippen molar-refractivity contribution >= 4 is 18.2 Å². The lowest BCUT2D eigenvalue weighted by atomic mass is 9.53. The van der Waals surface area contributed by atoms with Crippen molar-refractivity contribution in [3.63, 3.8) is 0 Å². The molecule has 5 atom stereocenters. The fourth-order valence-electron chi connectivity index (χ4n) is 5.21. The number of furan rings is 1. The highest BCUT2D eigenvalue weighted by atomic mass is 16.6. The summed E-state index contributed by atoms with van der Waals surface area (Å²) >= 11 is 0. The summed E-state index contributed by atoms with van der Waals surface area (Å²) in [4.78, 5) is 37.6. The second-order valence-corrected chi connectivity index (χ2v) is 9.65. The second kappa shape index (κ2) is 9.01. The van der Waals surface area contributed by atoms with E-state index in [0.29, 0.717) is 24.8 Å². The summed E-state index contributed by atoms with van der Waals surface area (Å²) in [5, 5.41) is 0. The molecule has 0 saturated heterocycles. The van der Waals surface area contributed by atoms with Gasteiger partial charge < -0.3 is 18.7 Å². The minimum absolute atomic E-state index is 0.0790. The molecule has 0 aliphatic heterocycles. The van der Waals surface area contributed by atoms with Crippen molar-refractivity contribution in [1.82, 2.24) is 0 Å². The van der Waals surface area contributed by atoms with Gasteiger partial charge in [-0.25, -0.2) is 4.79 Å². The fraction of sp³-hybridized carbons (Fsp3) is 0.640. The smallest absolute Gasteiger partial charge is 0.333 e. The molecule has 0 amide bonds. The lowest BCUT2D eigenvalue weighted by Crippen LogP contribution is -2.54. The molecule has 31 heavy (non-hydrogen) atoms. The maximum Gasteiger partial charge on any atom is 0.333 e. The monoisotopic (exact) mass is 430 g/mol. The van der Waals surface area contributed by atoms with Gasteiger partial charge in [0.2, 0.25) is 0 Å². The van der Waals surface area contributed by atoms with E-state index in [0.717, 1.165) is 29.6 Å². The topological polar surface area (TPSA) is 82.8 Å². The Balaban J connectivity index is 2.01. The van der Waals surface area contributed by atoms with Crippen molar-refractivity contribution in [3.8, 4) is 0 Å². The first-order valence-corrected chi connectivity index (χ1v) is 11.2. The van der Waals surface area contributed by atoms with E-state index in [2.05, 4.69) is 0 Å². The van der Waals surface area contributed by atoms with E-state index in [9.17, 15) is 14.4 Å². The average Bonchev–Trinajstić information content (AvgIpc) is 3.07. The van der Waals surface area contributed by atoms with Crippen molar-refractivity contribution in [1.29, 1.82) is 0 Å². The molecule has 1 heterocycles. The van der Waals surface area contributed by atoms with E-state index in [4.69, 9.17) is 13.9 Å². The minimum Gasteiger partial charge on any atom is -0.469 e. The van der Waals surface area contributed by atoms with Crippen LogP contribution in [0.1, 0.15) is 76.9 Å². The van der Waals surface area contributed by atoms with Crippen molar-refractivity contribution in [2.45, 2.75) is 79.4 Å². The van der Waals surface area contributed by atoms with Crippen LogP contribution in [-0.2, 0) is 30.3 Å². The van der Waals surface area contributed by atoms with Crippen molar-refractivity contribution in [2.75, 3.05) is 0 Å². The third-order valence-corrected chi connectivity index (χ3v) is 7.14. The van der Waals surface area contributed by atoms with Crippen LogP contribution in [0.2, 0.25) is 0 Å². The van der Waals surface area contributed by atoms with Gasteiger partial charge in [-0.1, -0.05) is 26.8 Å². The average molecular weight is 431 g/mol. The van der Waals surface area contributed by atoms with E-state index in [-0.39, 0.29) is 17.8 Å². The Labute approximate surface area is 184 Å². The first kappa shape index (κ1) is 23.3. The molecule has 0 spiro atoms. The zero-order chi connectivity index (χ0) is 22.9. The van der Waals surface area contributed by atoms with Crippen LogP contribution in [0, 0.1) is 30.1 Å². The second-order valence-electron chi connectivity index (χ2n) is 9.65. The fourth-order valence-corrected chi connectivity index (χ4v) is 5.21. The van der Waals surface area contributed by atoms with Gasteiger partial charge in [-0.3, -0.25) is 4.79 Å². The van der Waals surface area contributed by atoms with Gasteiger partial charge in [0.1, 0.15) is 24.3 Å². The summed E-state index contributed by atoms with van der Waals surface area (Å²) in [5.74, 6) is -0.218. The number of carbonyl (C=O) groups is 3. The number of allylic oxidation sites excluding steroid dienone is 1.